The van der Waals surface area contributed by atoms with Crippen LogP contribution in [-0.2, 0) is 4.79 Å². The predicted molar refractivity (Wildman–Crippen MR) is 74.4 cm³/mol. The number of carboxylic acid groups (broad SMARTS) is 1. The Balaban J connectivity index is 2.04. The lowest BCUT2D eigenvalue weighted by Crippen LogP contribution is -2.44. The number of carboxylic acids is 1. The van der Waals surface area contributed by atoms with Gasteiger partial charge in [-0.15, -0.1) is 0 Å². The van der Waals surface area contributed by atoms with Crippen LogP contribution in [0.25, 0.3) is 0 Å². The summed E-state index contributed by atoms with van der Waals surface area (Å²) in [6, 6.07) is 2.10. The van der Waals surface area contributed by atoms with E-state index in [1.807, 2.05) is 0 Å². The maximum Gasteiger partial charge on any atom is 0.326 e. The van der Waals surface area contributed by atoms with Crippen LogP contribution >= 0.6 is 11.6 Å². The topological polar surface area (TPSA) is 122 Å². The van der Waals surface area contributed by atoms with Gasteiger partial charge < -0.3 is 15.7 Å². The Morgan fingerprint density at radius 1 is 1.43 bits per heavy atom. The summed E-state index contributed by atoms with van der Waals surface area (Å²) < 4.78 is 0. The zero-order valence-corrected chi connectivity index (χ0v) is 11.5. The molecule has 1 aliphatic carbocycles. The number of nitrogens with zero attached hydrogens (tertiary/aromatic N) is 1. The zero-order chi connectivity index (χ0) is 15.6. The minimum absolute atomic E-state index is 0.0487. The number of halogens is 1. The van der Waals surface area contributed by atoms with Crippen molar-refractivity contribution in [3.63, 3.8) is 0 Å². The van der Waals surface area contributed by atoms with Crippen LogP contribution in [0.1, 0.15) is 12.8 Å². The van der Waals surface area contributed by atoms with E-state index in [1.165, 1.54) is 12.1 Å². The van der Waals surface area contributed by atoms with Crippen LogP contribution in [0.15, 0.2) is 18.2 Å². The summed E-state index contributed by atoms with van der Waals surface area (Å²) in [4.78, 5) is 32.8. The second-order valence-corrected chi connectivity index (χ2v) is 5.08. The van der Waals surface area contributed by atoms with E-state index in [1.54, 1.807) is 0 Å². The van der Waals surface area contributed by atoms with Gasteiger partial charge in [-0.3, -0.25) is 10.1 Å². The highest BCUT2D eigenvalue weighted by atomic mass is 35.5. The monoisotopic (exact) mass is 313 g/mol. The van der Waals surface area contributed by atoms with Gasteiger partial charge in [-0.2, -0.15) is 0 Å². The van der Waals surface area contributed by atoms with Crippen LogP contribution in [0.5, 0.6) is 0 Å². The first kappa shape index (κ1) is 15.0. The van der Waals surface area contributed by atoms with Crippen molar-refractivity contribution in [1.29, 1.82) is 0 Å². The van der Waals surface area contributed by atoms with E-state index in [2.05, 4.69) is 10.6 Å². The average Bonchev–Trinajstić information content (AvgIpc) is 3.22. The van der Waals surface area contributed by atoms with Gasteiger partial charge in [-0.25, -0.2) is 9.59 Å². The van der Waals surface area contributed by atoms with Crippen LogP contribution in [-0.4, -0.2) is 28.1 Å². The lowest BCUT2D eigenvalue weighted by atomic mass is 10.2. The Morgan fingerprint density at radius 3 is 2.62 bits per heavy atom. The molecule has 1 unspecified atom stereocenters. The van der Waals surface area contributed by atoms with E-state index in [-0.39, 0.29) is 22.3 Å². The molecule has 0 spiro atoms. The number of carbonyl (C=O) groups is 2. The van der Waals surface area contributed by atoms with E-state index >= 15 is 0 Å². The highest BCUT2D eigenvalue weighted by Crippen LogP contribution is 2.33. The molecule has 0 aromatic heterocycles. The number of rotatable bonds is 5. The van der Waals surface area contributed by atoms with Crippen molar-refractivity contribution in [3.05, 3.63) is 33.3 Å². The van der Waals surface area contributed by atoms with Gasteiger partial charge in [0.15, 0.2) is 0 Å². The molecule has 1 aromatic rings. The lowest BCUT2D eigenvalue weighted by Gasteiger charge is -2.14. The summed E-state index contributed by atoms with van der Waals surface area (Å²) in [7, 11) is 0. The van der Waals surface area contributed by atoms with E-state index in [0.29, 0.717) is 0 Å². The van der Waals surface area contributed by atoms with Gasteiger partial charge in [0.2, 0.25) is 0 Å². The number of aliphatic carboxylic acids is 1. The molecule has 1 fully saturated rings. The number of benzene rings is 1. The molecule has 1 aliphatic rings. The van der Waals surface area contributed by atoms with Crippen molar-refractivity contribution in [2.75, 3.05) is 5.32 Å². The molecule has 1 atom stereocenters. The molecule has 21 heavy (non-hydrogen) atoms. The lowest BCUT2D eigenvalue weighted by molar-refractivity contribution is -0.384. The van der Waals surface area contributed by atoms with Crippen LogP contribution in [0, 0.1) is 16.0 Å². The first-order valence-electron chi connectivity index (χ1n) is 6.12. The van der Waals surface area contributed by atoms with Crippen molar-refractivity contribution in [1.82, 2.24) is 5.32 Å². The van der Waals surface area contributed by atoms with Crippen molar-refractivity contribution < 1.29 is 19.6 Å². The first-order valence-corrected chi connectivity index (χ1v) is 6.50. The zero-order valence-electron chi connectivity index (χ0n) is 10.7. The second kappa shape index (κ2) is 5.96. The fraction of sp³-hybridized carbons (Fsp3) is 0.333. The van der Waals surface area contributed by atoms with Gasteiger partial charge in [0.25, 0.3) is 5.69 Å². The molecule has 2 amide bonds. The summed E-state index contributed by atoms with van der Waals surface area (Å²) in [5, 5.41) is 24.4. The molecular weight excluding hydrogens is 302 g/mol. The fourth-order valence-electron chi connectivity index (χ4n) is 1.85. The molecule has 1 saturated carbocycles. The Bertz CT molecular complexity index is 603. The minimum Gasteiger partial charge on any atom is -0.480 e. The van der Waals surface area contributed by atoms with Gasteiger partial charge in [0, 0.05) is 11.8 Å². The Kier molecular flexibility index (Phi) is 4.27. The molecule has 3 N–H and O–H groups in total. The van der Waals surface area contributed by atoms with Crippen LogP contribution < -0.4 is 10.6 Å². The van der Waals surface area contributed by atoms with Gasteiger partial charge in [0.05, 0.1) is 4.92 Å². The predicted octanol–water partition coefficient (Wildman–Crippen LogP) is 2.23. The maximum atomic E-state index is 11.7. The van der Waals surface area contributed by atoms with Gasteiger partial charge in [-0.1, -0.05) is 11.6 Å². The third-order valence-corrected chi connectivity index (χ3v) is 3.37. The number of nitrogens with one attached hydrogen (secondary N) is 2. The number of nitro groups is 1. The molecule has 9 heteroatoms. The number of amides is 2. The van der Waals surface area contributed by atoms with Crippen molar-refractivity contribution in [3.8, 4) is 0 Å². The normalized spacial score (nSPS) is 15.1. The number of urea groups is 1. The standard InChI is InChI=1S/C12H12ClN3O5/c13-8-4-3-7(5-9(8)16(20)21)14-12(19)15-10(11(17)18)6-1-2-6/h3-6,10H,1-2H2,(H,17,18)(H2,14,15,19). The first-order chi connectivity index (χ1) is 9.88. The summed E-state index contributed by atoms with van der Waals surface area (Å²) in [5.41, 5.74) is -0.185. The third kappa shape index (κ3) is 3.82. The van der Waals surface area contributed by atoms with Gasteiger partial charge in [0.1, 0.15) is 11.1 Å². The summed E-state index contributed by atoms with van der Waals surface area (Å²) in [6.45, 7) is 0. The SMILES string of the molecule is O=C(Nc1ccc(Cl)c([N+](=O)[O-])c1)NC(C(=O)O)C1CC1. The molecule has 8 nitrogen and oxygen atoms in total. The minimum atomic E-state index is -1.10. The molecule has 112 valence electrons. The molecule has 1 aromatic carbocycles. The Hall–Kier alpha value is -2.35. The number of carbonyl (C=O) groups excluding carboxylic acids is 1. The largest absolute Gasteiger partial charge is 0.480 e. The van der Waals surface area contributed by atoms with E-state index < -0.39 is 23.0 Å². The molecule has 2 rings (SSSR count). The van der Waals surface area contributed by atoms with Gasteiger partial charge in [-0.05, 0) is 30.9 Å². The van der Waals surface area contributed by atoms with Crippen LogP contribution in [0.2, 0.25) is 5.02 Å². The number of anilines is 1. The molecular formula is C12H12ClN3O5. The Labute approximate surface area is 124 Å². The van der Waals surface area contributed by atoms with E-state index in [9.17, 15) is 19.7 Å². The Morgan fingerprint density at radius 2 is 2.10 bits per heavy atom. The van der Waals surface area contributed by atoms with Crippen LogP contribution in [0.3, 0.4) is 0 Å². The third-order valence-electron chi connectivity index (χ3n) is 3.05. The molecule has 0 heterocycles. The number of nitro benzene ring substituents is 1. The van der Waals surface area contributed by atoms with E-state index in [4.69, 9.17) is 16.7 Å². The van der Waals surface area contributed by atoms with Crippen molar-refractivity contribution >= 4 is 35.0 Å². The summed E-state index contributed by atoms with van der Waals surface area (Å²) >= 11 is 5.66. The maximum absolute atomic E-state index is 11.7. The highest BCUT2D eigenvalue weighted by molar-refractivity contribution is 6.32. The number of hydrogen-bond acceptors (Lipinski definition) is 4. The summed E-state index contributed by atoms with van der Waals surface area (Å²) in [6.07, 6.45) is 1.51. The molecule has 0 aliphatic heterocycles. The molecule has 0 bridgehead atoms. The second-order valence-electron chi connectivity index (χ2n) is 4.68. The molecule has 0 radical (unpaired) electrons. The van der Waals surface area contributed by atoms with Crippen molar-refractivity contribution in [2.24, 2.45) is 5.92 Å². The van der Waals surface area contributed by atoms with Gasteiger partial charge >= 0.3 is 12.0 Å². The highest BCUT2D eigenvalue weighted by Gasteiger charge is 2.37. The quantitative estimate of drug-likeness (QED) is 0.568. The van der Waals surface area contributed by atoms with Crippen molar-refractivity contribution in [2.45, 2.75) is 18.9 Å². The average molecular weight is 314 g/mol. The number of hydrogen-bond donors (Lipinski definition) is 3. The van der Waals surface area contributed by atoms with Crippen LogP contribution in [0.4, 0.5) is 16.2 Å². The summed E-state index contributed by atoms with van der Waals surface area (Å²) in [5.74, 6) is -1.16. The molecule has 0 saturated heterocycles. The fourth-order valence-corrected chi connectivity index (χ4v) is 2.04. The smallest absolute Gasteiger partial charge is 0.326 e. The van der Waals surface area contributed by atoms with E-state index in [0.717, 1.165) is 18.9 Å².